The predicted octanol–water partition coefficient (Wildman–Crippen LogP) is 5.25. The molecule has 0 saturated carbocycles. The number of sulfonamides is 1. The molecule has 0 radical (unpaired) electrons. The topological polar surface area (TPSA) is 86.8 Å². The van der Waals surface area contributed by atoms with Crippen LogP contribution < -0.4 is 9.62 Å². The Morgan fingerprint density at radius 2 is 1.59 bits per heavy atom. The molecule has 1 atom stereocenters. The van der Waals surface area contributed by atoms with Crippen LogP contribution in [0.3, 0.4) is 0 Å². The summed E-state index contributed by atoms with van der Waals surface area (Å²) in [7, 11) is -3.81. The van der Waals surface area contributed by atoms with Gasteiger partial charge in [-0.1, -0.05) is 76.0 Å². The van der Waals surface area contributed by atoms with Crippen LogP contribution in [0.1, 0.15) is 52.7 Å². The average Bonchev–Trinajstić information content (AvgIpc) is 2.78. The Morgan fingerprint density at radius 1 is 1.00 bits per heavy atom. The molecule has 0 bridgehead atoms. The second-order valence-electron chi connectivity index (χ2n) is 10.6. The fourth-order valence-electron chi connectivity index (χ4n) is 3.61. The maximum Gasteiger partial charge on any atom is 0.244 e. The van der Waals surface area contributed by atoms with Crippen LogP contribution in [-0.2, 0) is 31.6 Å². The highest BCUT2D eigenvalue weighted by Crippen LogP contribution is 2.27. The summed E-state index contributed by atoms with van der Waals surface area (Å²) in [4.78, 5) is 27.9. The van der Waals surface area contributed by atoms with Crippen molar-refractivity contribution in [2.75, 3.05) is 23.7 Å². The van der Waals surface area contributed by atoms with Gasteiger partial charge in [0.05, 0.1) is 11.9 Å². The van der Waals surface area contributed by atoms with E-state index >= 15 is 0 Å². The van der Waals surface area contributed by atoms with Crippen LogP contribution in [0.5, 0.6) is 0 Å². The zero-order valence-electron chi connectivity index (χ0n) is 22.5. The minimum Gasteiger partial charge on any atom is -0.354 e. The normalized spacial score (nSPS) is 12.8. The van der Waals surface area contributed by atoms with E-state index in [2.05, 4.69) is 26.1 Å². The van der Waals surface area contributed by atoms with Gasteiger partial charge in [-0.15, -0.1) is 0 Å². The molecular formula is C27H37Cl2N3O4S. The third-order valence-corrected chi connectivity index (χ3v) is 7.64. The Kier molecular flexibility index (Phi) is 10.5. The average molecular weight is 571 g/mol. The summed E-state index contributed by atoms with van der Waals surface area (Å²) in [6.07, 6.45) is 1.05. The molecule has 0 saturated heterocycles. The number of hydrogen-bond donors (Lipinski definition) is 1. The third-order valence-electron chi connectivity index (χ3n) is 5.91. The first-order valence-electron chi connectivity index (χ1n) is 12.1. The summed E-state index contributed by atoms with van der Waals surface area (Å²) in [5.41, 5.74) is 1.87. The molecule has 0 aliphatic heterocycles. The third kappa shape index (κ3) is 8.90. The zero-order chi connectivity index (χ0) is 28.1. The molecule has 10 heteroatoms. The van der Waals surface area contributed by atoms with Gasteiger partial charge in [-0.2, -0.15) is 0 Å². The summed E-state index contributed by atoms with van der Waals surface area (Å²) < 4.78 is 26.5. The molecule has 0 heterocycles. The van der Waals surface area contributed by atoms with Crippen molar-refractivity contribution in [3.8, 4) is 0 Å². The Labute approximate surface area is 231 Å². The largest absolute Gasteiger partial charge is 0.354 e. The molecule has 0 aromatic heterocycles. The van der Waals surface area contributed by atoms with Crippen molar-refractivity contribution in [1.82, 2.24) is 10.2 Å². The minimum atomic E-state index is -3.81. The van der Waals surface area contributed by atoms with E-state index in [0.29, 0.717) is 27.8 Å². The standard InChI is InChI=1S/C27H37Cl2N3O4S/c1-18(2)15-30-26(34)19(3)31(16-20-8-11-22(28)14-24(20)29)25(33)17-32(37(7,35)36)23-12-9-21(10-13-23)27(4,5)6/h8-14,18-19H,15-17H2,1-7H3,(H,30,34)/t19-/m0/s1. The number of nitrogens with zero attached hydrogens (tertiary/aromatic N) is 2. The fraction of sp³-hybridized carbons (Fsp3) is 0.481. The molecule has 2 rings (SSSR count). The molecule has 0 fully saturated rings. The number of rotatable bonds is 10. The van der Waals surface area contributed by atoms with Gasteiger partial charge in [0.1, 0.15) is 12.6 Å². The number of amides is 2. The molecule has 0 aliphatic rings. The molecule has 204 valence electrons. The molecule has 0 unspecified atom stereocenters. The van der Waals surface area contributed by atoms with Gasteiger partial charge in [0.2, 0.25) is 21.8 Å². The van der Waals surface area contributed by atoms with E-state index in [1.165, 1.54) is 4.90 Å². The van der Waals surface area contributed by atoms with Crippen molar-refractivity contribution in [2.45, 2.75) is 59.5 Å². The smallest absolute Gasteiger partial charge is 0.244 e. The molecule has 2 amide bonds. The van der Waals surface area contributed by atoms with E-state index < -0.39 is 28.5 Å². The van der Waals surface area contributed by atoms with Gasteiger partial charge < -0.3 is 10.2 Å². The van der Waals surface area contributed by atoms with Crippen molar-refractivity contribution in [3.63, 3.8) is 0 Å². The fourth-order valence-corrected chi connectivity index (χ4v) is 4.93. The van der Waals surface area contributed by atoms with Gasteiger partial charge in [-0.25, -0.2) is 8.42 Å². The summed E-state index contributed by atoms with van der Waals surface area (Å²) in [6, 6.07) is 11.1. The van der Waals surface area contributed by atoms with Gasteiger partial charge in [0, 0.05) is 23.1 Å². The molecule has 1 N–H and O–H groups in total. The number of carbonyl (C=O) groups is 2. The number of halogens is 2. The number of anilines is 1. The number of nitrogens with one attached hydrogen (secondary N) is 1. The van der Waals surface area contributed by atoms with Crippen molar-refractivity contribution in [2.24, 2.45) is 5.92 Å². The van der Waals surface area contributed by atoms with Gasteiger partial charge >= 0.3 is 0 Å². The van der Waals surface area contributed by atoms with Crippen LogP contribution in [0.2, 0.25) is 10.0 Å². The van der Waals surface area contributed by atoms with E-state index in [0.717, 1.165) is 16.1 Å². The van der Waals surface area contributed by atoms with Crippen LogP contribution in [0.25, 0.3) is 0 Å². The number of hydrogen-bond acceptors (Lipinski definition) is 4. The van der Waals surface area contributed by atoms with Crippen molar-refractivity contribution >= 4 is 50.7 Å². The summed E-state index contributed by atoms with van der Waals surface area (Å²) >= 11 is 12.4. The summed E-state index contributed by atoms with van der Waals surface area (Å²) in [6.45, 7) is 11.7. The zero-order valence-corrected chi connectivity index (χ0v) is 24.8. The number of benzene rings is 2. The van der Waals surface area contributed by atoms with E-state index in [-0.39, 0.29) is 23.8 Å². The van der Waals surface area contributed by atoms with Crippen molar-refractivity contribution in [3.05, 3.63) is 63.6 Å². The maximum absolute atomic E-state index is 13.6. The van der Waals surface area contributed by atoms with E-state index in [9.17, 15) is 18.0 Å². The molecule has 7 nitrogen and oxygen atoms in total. The second kappa shape index (κ2) is 12.5. The lowest BCUT2D eigenvalue weighted by Gasteiger charge is -2.32. The Hall–Kier alpha value is -2.29. The second-order valence-corrected chi connectivity index (χ2v) is 13.4. The highest BCUT2D eigenvalue weighted by molar-refractivity contribution is 7.92. The summed E-state index contributed by atoms with van der Waals surface area (Å²) in [5, 5.41) is 3.63. The predicted molar refractivity (Wildman–Crippen MR) is 152 cm³/mol. The molecule has 37 heavy (non-hydrogen) atoms. The van der Waals surface area contributed by atoms with Gasteiger partial charge in [0.25, 0.3) is 0 Å². The molecule has 2 aromatic carbocycles. The SMILES string of the molecule is CC(C)CNC(=O)[C@H](C)N(Cc1ccc(Cl)cc1Cl)C(=O)CN(c1ccc(C(C)(C)C)cc1)S(C)(=O)=O. The first-order valence-corrected chi connectivity index (χ1v) is 14.7. The Balaban J connectivity index is 2.42. The Morgan fingerprint density at radius 3 is 2.08 bits per heavy atom. The van der Waals surface area contributed by atoms with Gasteiger partial charge in [-0.3, -0.25) is 13.9 Å². The monoisotopic (exact) mass is 569 g/mol. The highest BCUT2D eigenvalue weighted by Gasteiger charge is 2.30. The van der Waals surface area contributed by atoms with Crippen LogP contribution in [-0.4, -0.2) is 50.5 Å². The van der Waals surface area contributed by atoms with E-state index in [1.807, 2.05) is 26.0 Å². The molecular weight excluding hydrogens is 533 g/mol. The lowest BCUT2D eigenvalue weighted by atomic mass is 9.87. The summed E-state index contributed by atoms with van der Waals surface area (Å²) in [5.74, 6) is -0.654. The maximum atomic E-state index is 13.6. The van der Waals surface area contributed by atoms with Gasteiger partial charge in [-0.05, 0) is 53.6 Å². The van der Waals surface area contributed by atoms with Crippen LogP contribution in [0.15, 0.2) is 42.5 Å². The minimum absolute atomic E-state index is 0.00562. The lowest BCUT2D eigenvalue weighted by Crippen LogP contribution is -2.51. The Bertz CT molecular complexity index is 1210. The highest BCUT2D eigenvalue weighted by atomic mass is 35.5. The van der Waals surface area contributed by atoms with E-state index in [4.69, 9.17) is 23.2 Å². The lowest BCUT2D eigenvalue weighted by molar-refractivity contribution is -0.139. The van der Waals surface area contributed by atoms with Crippen LogP contribution in [0, 0.1) is 5.92 Å². The van der Waals surface area contributed by atoms with Gasteiger partial charge in [0.15, 0.2) is 0 Å². The van der Waals surface area contributed by atoms with Crippen molar-refractivity contribution < 1.29 is 18.0 Å². The molecule has 0 aliphatic carbocycles. The first kappa shape index (κ1) is 30.9. The molecule has 0 spiro atoms. The van der Waals surface area contributed by atoms with Crippen LogP contribution >= 0.6 is 23.2 Å². The van der Waals surface area contributed by atoms with Crippen molar-refractivity contribution in [1.29, 1.82) is 0 Å². The van der Waals surface area contributed by atoms with Crippen LogP contribution in [0.4, 0.5) is 5.69 Å². The molecule has 2 aromatic rings. The number of carbonyl (C=O) groups excluding carboxylic acids is 2. The quantitative estimate of drug-likeness (QED) is 0.423. The van der Waals surface area contributed by atoms with E-state index in [1.54, 1.807) is 37.3 Å². The first-order chi connectivity index (χ1) is 17.0.